The highest BCUT2D eigenvalue weighted by molar-refractivity contribution is 5.51. The average molecular weight is 229 g/mol. The van der Waals surface area contributed by atoms with Crippen LogP contribution >= 0.6 is 0 Å². The Morgan fingerprint density at radius 3 is 2.65 bits per heavy atom. The van der Waals surface area contributed by atoms with E-state index in [0.29, 0.717) is 0 Å². The van der Waals surface area contributed by atoms with Crippen LogP contribution in [-0.2, 0) is 20.0 Å². The first-order valence-electron chi connectivity index (χ1n) is 6.01. The average Bonchev–Trinajstić information content (AvgIpc) is 2.65. The van der Waals surface area contributed by atoms with Gasteiger partial charge in [-0.3, -0.25) is 4.68 Å². The van der Waals surface area contributed by atoms with Gasteiger partial charge in [0.2, 0.25) is 0 Å². The lowest BCUT2D eigenvalue weighted by atomic mass is 10.1. The van der Waals surface area contributed by atoms with Crippen molar-refractivity contribution < 1.29 is 0 Å². The number of aryl methyl sites for hydroxylation is 3. The minimum absolute atomic E-state index is 0.830. The van der Waals surface area contributed by atoms with Gasteiger partial charge in [0.05, 0.1) is 5.69 Å². The molecule has 2 rings (SSSR count). The van der Waals surface area contributed by atoms with E-state index < -0.39 is 0 Å². The van der Waals surface area contributed by atoms with E-state index in [1.54, 1.807) is 0 Å². The highest BCUT2D eigenvalue weighted by Gasteiger charge is 2.04. The number of nitrogens with zero attached hydrogens (tertiary/aromatic N) is 2. The van der Waals surface area contributed by atoms with Gasteiger partial charge >= 0.3 is 0 Å². The molecule has 0 atom stereocenters. The predicted molar refractivity (Wildman–Crippen MR) is 71.1 cm³/mol. The number of hydrogen-bond donors (Lipinski definition) is 1. The van der Waals surface area contributed by atoms with Crippen LogP contribution in [0.3, 0.4) is 0 Å². The van der Waals surface area contributed by atoms with Gasteiger partial charge in [0.15, 0.2) is 0 Å². The molecule has 0 radical (unpaired) electrons. The van der Waals surface area contributed by atoms with Crippen molar-refractivity contribution in [1.29, 1.82) is 0 Å². The van der Waals surface area contributed by atoms with Gasteiger partial charge in [-0.25, -0.2) is 0 Å². The molecule has 90 valence electrons. The second kappa shape index (κ2) is 5.04. The summed E-state index contributed by atoms with van der Waals surface area (Å²) in [5.41, 5.74) is 4.92. The largest absolute Gasteiger partial charge is 0.381 e. The molecule has 1 aromatic carbocycles. The molecule has 0 saturated carbocycles. The van der Waals surface area contributed by atoms with Crippen molar-refractivity contribution in [3.63, 3.8) is 0 Å². The third-order valence-electron chi connectivity index (χ3n) is 2.98. The van der Waals surface area contributed by atoms with Gasteiger partial charge in [-0.15, -0.1) is 0 Å². The molecular weight excluding hydrogens is 210 g/mol. The van der Waals surface area contributed by atoms with Gasteiger partial charge < -0.3 is 5.32 Å². The Labute approximate surface area is 102 Å². The number of aromatic nitrogens is 2. The number of para-hydroxylation sites is 1. The summed E-state index contributed by atoms with van der Waals surface area (Å²) in [4.78, 5) is 0. The number of benzene rings is 1. The van der Waals surface area contributed by atoms with Gasteiger partial charge in [0, 0.05) is 31.0 Å². The molecule has 17 heavy (non-hydrogen) atoms. The Bertz CT molecular complexity index is 500. The maximum Gasteiger partial charge on any atom is 0.0643 e. The van der Waals surface area contributed by atoms with Crippen molar-refractivity contribution >= 4 is 5.69 Å². The van der Waals surface area contributed by atoms with Crippen molar-refractivity contribution in [3.05, 3.63) is 47.3 Å². The third kappa shape index (κ3) is 2.67. The summed E-state index contributed by atoms with van der Waals surface area (Å²) in [5, 5.41) is 7.82. The van der Waals surface area contributed by atoms with Gasteiger partial charge in [0.1, 0.15) is 0 Å². The van der Waals surface area contributed by atoms with Crippen LogP contribution in [0.2, 0.25) is 0 Å². The molecule has 1 aromatic heterocycles. The van der Waals surface area contributed by atoms with E-state index in [1.807, 2.05) is 18.7 Å². The molecule has 0 aliphatic heterocycles. The van der Waals surface area contributed by atoms with Crippen LogP contribution in [0, 0.1) is 6.92 Å². The number of hydrogen-bond acceptors (Lipinski definition) is 2. The smallest absolute Gasteiger partial charge is 0.0643 e. The minimum Gasteiger partial charge on any atom is -0.381 e. The fourth-order valence-corrected chi connectivity index (χ4v) is 2.01. The van der Waals surface area contributed by atoms with Crippen LogP contribution < -0.4 is 5.32 Å². The number of anilines is 1. The Balaban J connectivity index is 2.09. The minimum atomic E-state index is 0.830. The van der Waals surface area contributed by atoms with Crippen LogP contribution in [0.4, 0.5) is 5.69 Å². The van der Waals surface area contributed by atoms with Crippen LogP contribution in [0.1, 0.15) is 23.7 Å². The lowest BCUT2D eigenvalue weighted by Gasteiger charge is -2.10. The van der Waals surface area contributed by atoms with Crippen LogP contribution in [0.25, 0.3) is 0 Å². The molecule has 3 nitrogen and oxygen atoms in total. The van der Waals surface area contributed by atoms with Crippen LogP contribution in [0.15, 0.2) is 30.5 Å². The zero-order chi connectivity index (χ0) is 12.3. The third-order valence-corrected chi connectivity index (χ3v) is 2.98. The summed E-state index contributed by atoms with van der Waals surface area (Å²) >= 11 is 0. The molecule has 0 amide bonds. The van der Waals surface area contributed by atoms with Crippen molar-refractivity contribution in [2.45, 2.75) is 26.8 Å². The topological polar surface area (TPSA) is 29.9 Å². The van der Waals surface area contributed by atoms with E-state index in [9.17, 15) is 0 Å². The molecular formula is C14H19N3. The molecule has 0 unspecified atom stereocenters. The molecule has 1 N–H and O–H groups in total. The Hall–Kier alpha value is -1.77. The molecule has 3 heteroatoms. The van der Waals surface area contributed by atoms with Crippen molar-refractivity contribution in [3.8, 4) is 0 Å². The molecule has 0 fully saturated rings. The summed E-state index contributed by atoms with van der Waals surface area (Å²) in [7, 11) is 1.95. The molecule has 2 aromatic rings. The Morgan fingerprint density at radius 1 is 1.24 bits per heavy atom. The Kier molecular flexibility index (Phi) is 3.47. The molecule has 0 spiro atoms. The lowest BCUT2D eigenvalue weighted by molar-refractivity contribution is 0.756. The standard InChI is InChI=1S/C14H19N3/c1-4-12-7-5-6-8-14(12)15-9-13-10-17(3)16-11(13)2/h5-8,10,15H,4,9H2,1-3H3. The first kappa shape index (κ1) is 11.7. The fourth-order valence-electron chi connectivity index (χ4n) is 2.01. The molecule has 1 heterocycles. The fraction of sp³-hybridized carbons (Fsp3) is 0.357. The summed E-state index contributed by atoms with van der Waals surface area (Å²) in [5.74, 6) is 0. The summed E-state index contributed by atoms with van der Waals surface area (Å²) in [6, 6.07) is 8.44. The van der Waals surface area contributed by atoms with Gasteiger partial charge in [0.25, 0.3) is 0 Å². The SMILES string of the molecule is CCc1ccccc1NCc1cn(C)nc1C. The van der Waals surface area contributed by atoms with Gasteiger partial charge in [-0.05, 0) is 25.0 Å². The highest BCUT2D eigenvalue weighted by atomic mass is 15.2. The highest BCUT2D eigenvalue weighted by Crippen LogP contribution is 2.17. The second-order valence-electron chi connectivity index (χ2n) is 4.28. The Morgan fingerprint density at radius 2 is 2.00 bits per heavy atom. The van der Waals surface area contributed by atoms with Crippen molar-refractivity contribution in [2.24, 2.45) is 7.05 Å². The quantitative estimate of drug-likeness (QED) is 0.873. The van der Waals surface area contributed by atoms with E-state index in [2.05, 4.69) is 47.8 Å². The van der Waals surface area contributed by atoms with Gasteiger partial charge in [-0.2, -0.15) is 5.10 Å². The monoisotopic (exact) mass is 229 g/mol. The maximum atomic E-state index is 4.34. The van der Waals surface area contributed by atoms with E-state index >= 15 is 0 Å². The van der Waals surface area contributed by atoms with E-state index in [1.165, 1.54) is 16.8 Å². The van der Waals surface area contributed by atoms with E-state index in [4.69, 9.17) is 0 Å². The molecule has 0 aliphatic rings. The van der Waals surface area contributed by atoms with Crippen molar-refractivity contribution in [1.82, 2.24) is 9.78 Å². The summed E-state index contributed by atoms with van der Waals surface area (Å²) in [6.45, 7) is 5.05. The van der Waals surface area contributed by atoms with Crippen molar-refractivity contribution in [2.75, 3.05) is 5.32 Å². The van der Waals surface area contributed by atoms with Crippen LogP contribution in [-0.4, -0.2) is 9.78 Å². The van der Waals surface area contributed by atoms with Gasteiger partial charge in [-0.1, -0.05) is 25.1 Å². The molecule has 0 saturated heterocycles. The summed E-state index contributed by atoms with van der Waals surface area (Å²) in [6.07, 6.45) is 3.12. The zero-order valence-corrected chi connectivity index (χ0v) is 10.7. The van der Waals surface area contributed by atoms with E-state index in [-0.39, 0.29) is 0 Å². The zero-order valence-electron chi connectivity index (χ0n) is 10.7. The second-order valence-corrected chi connectivity index (χ2v) is 4.28. The maximum absolute atomic E-state index is 4.34. The van der Waals surface area contributed by atoms with E-state index in [0.717, 1.165) is 18.7 Å². The van der Waals surface area contributed by atoms with Crippen LogP contribution in [0.5, 0.6) is 0 Å². The molecule has 0 aliphatic carbocycles. The first-order chi connectivity index (χ1) is 8.20. The lowest BCUT2D eigenvalue weighted by Crippen LogP contribution is -2.02. The number of nitrogens with one attached hydrogen (secondary N) is 1. The summed E-state index contributed by atoms with van der Waals surface area (Å²) < 4.78 is 1.86. The predicted octanol–water partition coefficient (Wildman–Crippen LogP) is 2.90. The molecule has 0 bridgehead atoms. The first-order valence-corrected chi connectivity index (χ1v) is 6.01. The normalized spacial score (nSPS) is 10.5. The number of rotatable bonds is 4.